The van der Waals surface area contributed by atoms with Crippen LogP contribution in [0.2, 0.25) is 0 Å². The Morgan fingerprint density at radius 3 is 2.52 bits per heavy atom. The third-order valence-corrected chi connectivity index (χ3v) is 4.02. The van der Waals surface area contributed by atoms with Crippen LogP contribution in [0, 0.1) is 11.7 Å². The van der Waals surface area contributed by atoms with Crippen molar-refractivity contribution in [3.05, 3.63) is 41.7 Å². The largest absolute Gasteiger partial charge is 0.356 e. The zero-order valence-electron chi connectivity index (χ0n) is 13.4. The normalized spacial score (nSPS) is 15.8. The fourth-order valence-electron chi connectivity index (χ4n) is 2.60. The molecule has 4 nitrogen and oxygen atoms in total. The number of benzene rings is 1. The number of carbonyl (C=O) groups is 2. The van der Waals surface area contributed by atoms with Crippen molar-refractivity contribution in [2.24, 2.45) is 5.92 Å². The number of hydrogen-bond donors (Lipinski definition) is 1. The second-order valence-corrected chi connectivity index (χ2v) is 5.78. The minimum absolute atomic E-state index is 0.00618. The van der Waals surface area contributed by atoms with Crippen LogP contribution in [0.1, 0.15) is 31.7 Å². The van der Waals surface area contributed by atoms with Gasteiger partial charge in [-0.2, -0.15) is 0 Å². The SMILES string of the molecule is CCCNC(=O)C1CCN(C(=O)/C=C/c2ccc(F)cc2)CC1. The molecule has 0 bridgehead atoms. The second-order valence-electron chi connectivity index (χ2n) is 5.78. The molecule has 0 aromatic heterocycles. The van der Waals surface area contributed by atoms with Crippen molar-refractivity contribution < 1.29 is 14.0 Å². The molecule has 0 unspecified atom stereocenters. The first kappa shape index (κ1) is 17.2. The molecule has 1 aromatic carbocycles. The summed E-state index contributed by atoms with van der Waals surface area (Å²) in [5.41, 5.74) is 0.786. The zero-order chi connectivity index (χ0) is 16.7. The van der Waals surface area contributed by atoms with Gasteiger partial charge in [-0.05, 0) is 43.0 Å². The van der Waals surface area contributed by atoms with Crippen LogP contribution < -0.4 is 5.32 Å². The van der Waals surface area contributed by atoms with Crippen molar-refractivity contribution >= 4 is 17.9 Å². The predicted octanol–water partition coefficient (Wildman–Crippen LogP) is 2.60. The van der Waals surface area contributed by atoms with Gasteiger partial charge in [-0.1, -0.05) is 19.1 Å². The number of piperidine rings is 1. The fraction of sp³-hybridized carbons (Fsp3) is 0.444. The van der Waals surface area contributed by atoms with Crippen LogP contribution in [0.15, 0.2) is 30.3 Å². The molecule has 0 radical (unpaired) electrons. The Hall–Kier alpha value is -2.17. The molecule has 1 aliphatic heterocycles. The summed E-state index contributed by atoms with van der Waals surface area (Å²) in [4.78, 5) is 25.8. The molecule has 1 saturated heterocycles. The molecular weight excluding hydrogens is 295 g/mol. The van der Waals surface area contributed by atoms with Gasteiger partial charge in [-0.25, -0.2) is 4.39 Å². The average Bonchev–Trinajstić information content (AvgIpc) is 2.59. The van der Waals surface area contributed by atoms with Gasteiger partial charge in [0.15, 0.2) is 0 Å². The standard InChI is InChI=1S/C18H23FN2O2/c1-2-11-20-18(23)15-9-12-21(13-10-15)17(22)8-5-14-3-6-16(19)7-4-14/h3-8,15H,2,9-13H2,1H3,(H,20,23)/b8-5+. The van der Waals surface area contributed by atoms with E-state index in [1.165, 1.54) is 18.2 Å². The molecule has 2 rings (SSSR count). The monoisotopic (exact) mass is 318 g/mol. The molecule has 124 valence electrons. The van der Waals surface area contributed by atoms with Gasteiger partial charge in [0.1, 0.15) is 5.82 Å². The Morgan fingerprint density at radius 1 is 1.26 bits per heavy atom. The molecule has 5 heteroatoms. The molecule has 1 aliphatic rings. The van der Waals surface area contributed by atoms with Crippen LogP contribution in [0.3, 0.4) is 0 Å². The van der Waals surface area contributed by atoms with Gasteiger partial charge in [-0.15, -0.1) is 0 Å². The molecule has 0 saturated carbocycles. The highest BCUT2D eigenvalue weighted by molar-refractivity contribution is 5.92. The van der Waals surface area contributed by atoms with Crippen molar-refractivity contribution in [2.75, 3.05) is 19.6 Å². The molecule has 1 aromatic rings. The maximum atomic E-state index is 12.8. The lowest BCUT2D eigenvalue weighted by Gasteiger charge is -2.30. The van der Waals surface area contributed by atoms with Crippen molar-refractivity contribution in [1.29, 1.82) is 0 Å². The van der Waals surface area contributed by atoms with Crippen LogP contribution in [-0.4, -0.2) is 36.3 Å². The minimum Gasteiger partial charge on any atom is -0.356 e. The van der Waals surface area contributed by atoms with E-state index in [2.05, 4.69) is 5.32 Å². The summed E-state index contributed by atoms with van der Waals surface area (Å²) >= 11 is 0. The van der Waals surface area contributed by atoms with Gasteiger partial charge >= 0.3 is 0 Å². The Balaban J connectivity index is 1.81. The smallest absolute Gasteiger partial charge is 0.246 e. The van der Waals surface area contributed by atoms with E-state index in [0.29, 0.717) is 32.5 Å². The van der Waals surface area contributed by atoms with Crippen LogP contribution in [0.25, 0.3) is 6.08 Å². The first-order valence-corrected chi connectivity index (χ1v) is 8.10. The van der Waals surface area contributed by atoms with Gasteiger partial charge in [0.05, 0.1) is 0 Å². The van der Waals surface area contributed by atoms with Crippen molar-refractivity contribution in [1.82, 2.24) is 10.2 Å². The maximum absolute atomic E-state index is 12.8. The number of nitrogens with zero attached hydrogens (tertiary/aromatic N) is 1. The Bertz CT molecular complexity index is 561. The van der Waals surface area contributed by atoms with E-state index in [0.717, 1.165) is 12.0 Å². The average molecular weight is 318 g/mol. The highest BCUT2D eigenvalue weighted by atomic mass is 19.1. The summed E-state index contributed by atoms with van der Waals surface area (Å²) in [5.74, 6) is -0.258. The highest BCUT2D eigenvalue weighted by Crippen LogP contribution is 2.18. The van der Waals surface area contributed by atoms with Gasteiger partial charge in [0, 0.05) is 31.6 Å². The maximum Gasteiger partial charge on any atom is 0.246 e. The van der Waals surface area contributed by atoms with E-state index in [9.17, 15) is 14.0 Å². The predicted molar refractivity (Wildman–Crippen MR) is 88.0 cm³/mol. The zero-order valence-corrected chi connectivity index (χ0v) is 13.4. The molecule has 23 heavy (non-hydrogen) atoms. The first-order chi connectivity index (χ1) is 11.1. The van der Waals surface area contributed by atoms with Crippen molar-refractivity contribution in [2.45, 2.75) is 26.2 Å². The molecule has 0 atom stereocenters. The Labute approximate surface area is 136 Å². The number of hydrogen-bond acceptors (Lipinski definition) is 2. The third-order valence-electron chi connectivity index (χ3n) is 4.02. The number of nitrogens with one attached hydrogen (secondary N) is 1. The lowest BCUT2D eigenvalue weighted by atomic mass is 9.96. The minimum atomic E-state index is -0.295. The molecule has 2 amide bonds. The molecular formula is C18H23FN2O2. The summed E-state index contributed by atoms with van der Waals surface area (Å²) in [5, 5.41) is 2.91. The molecule has 0 spiro atoms. The van der Waals surface area contributed by atoms with E-state index in [4.69, 9.17) is 0 Å². The van der Waals surface area contributed by atoms with E-state index in [1.807, 2.05) is 6.92 Å². The summed E-state index contributed by atoms with van der Waals surface area (Å²) in [6.45, 7) is 3.92. The van der Waals surface area contributed by atoms with Crippen LogP contribution in [0.5, 0.6) is 0 Å². The van der Waals surface area contributed by atoms with Gasteiger partial charge < -0.3 is 10.2 Å². The van der Waals surface area contributed by atoms with E-state index in [-0.39, 0.29) is 23.5 Å². The molecule has 0 aliphatic carbocycles. The van der Waals surface area contributed by atoms with Crippen molar-refractivity contribution in [3.63, 3.8) is 0 Å². The number of halogens is 1. The van der Waals surface area contributed by atoms with Gasteiger partial charge in [0.2, 0.25) is 11.8 Å². The lowest BCUT2D eigenvalue weighted by molar-refractivity contribution is -0.132. The van der Waals surface area contributed by atoms with Gasteiger partial charge in [0.25, 0.3) is 0 Å². The van der Waals surface area contributed by atoms with E-state index in [1.54, 1.807) is 23.1 Å². The summed E-state index contributed by atoms with van der Waals surface area (Å²) < 4.78 is 12.8. The quantitative estimate of drug-likeness (QED) is 0.849. The van der Waals surface area contributed by atoms with Crippen LogP contribution >= 0.6 is 0 Å². The lowest BCUT2D eigenvalue weighted by Crippen LogP contribution is -2.42. The van der Waals surface area contributed by atoms with Crippen molar-refractivity contribution in [3.8, 4) is 0 Å². The number of likely N-dealkylation sites (tertiary alicyclic amines) is 1. The second kappa shape index (κ2) is 8.46. The van der Waals surface area contributed by atoms with E-state index < -0.39 is 0 Å². The number of amides is 2. The van der Waals surface area contributed by atoms with Crippen LogP contribution in [-0.2, 0) is 9.59 Å². The molecule has 1 fully saturated rings. The Morgan fingerprint density at radius 2 is 1.91 bits per heavy atom. The highest BCUT2D eigenvalue weighted by Gasteiger charge is 2.26. The summed E-state index contributed by atoms with van der Waals surface area (Å²) in [7, 11) is 0. The van der Waals surface area contributed by atoms with E-state index >= 15 is 0 Å². The Kier molecular flexibility index (Phi) is 6.32. The molecule has 1 N–H and O–H groups in total. The molecule has 1 heterocycles. The summed E-state index contributed by atoms with van der Waals surface area (Å²) in [6.07, 6.45) is 5.52. The summed E-state index contributed by atoms with van der Waals surface area (Å²) in [6, 6.07) is 5.99. The first-order valence-electron chi connectivity index (χ1n) is 8.10. The third kappa shape index (κ3) is 5.20. The number of carbonyl (C=O) groups excluding carboxylic acids is 2. The van der Waals surface area contributed by atoms with Crippen LogP contribution in [0.4, 0.5) is 4.39 Å². The fourth-order valence-corrected chi connectivity index (χ4v) is 2.60. The number of rotatable bonds is 5. The van der Waals surface area contributed by atoms with Gasteiger partial charge in [-0.3, -0.25) is 9.59 Å². The topological polar surface area (TPSA) is 49.4 Å².